The van der Waals surface area contributed by atoms with Crippen molar-refractivity contribution in [3.05, 3.63) is 37.8 Å². The van der Waals surface area contributed by atoms with Crippen molar-refractivity contribution < 1.29 is 4.92 Å². The fraction of sp³-hybridized carbons (Fsp3) is 0.125. The first kappa shape index (κ1) is 10.6. The molecule has 0 bridgehead atoms. The van der Waals surface area contributed by atoms with E-state index in [0.29, 0.717) is 15.6 Å². The van der Waals surface area contributed by atoms with E-state index in [9.17, 15) is 10.1 Å². The average Bonchev–Trinajstić information content (AvgIpc) is 2.17. The molecular formula is C8H6BrN3O2. The molecule has 5 nitrogen and oxygen atoms in total. The van der Waals surface area contributed by atoms with E-state index in [1.165, 1.54) is 12.1 Å². The molecule has 72 valence electrons. The number of nitro benzene ring substituents is 1. The molecule has 0 aliphatic rings. The molecule has 0 aliphatic carbocycles. The summed E-state index contributed by atoms with van der Waals surface area (Å²) in [6, 6.07) is 4.58. The maximum atomic E-state index is 10.6. The molecule has 0 aliphatic heterocycles. The van der Waals surface area contributed by atoms with Gasteiger partial charge in [0.05, 0.1) is 16.1 Å². The number of hydrogen-bond acceptors (Lipinski definition) is 4. The summed E-state index contributed by atoms with van der Waals surface area (Å²) in [6.07, 6.45) is 0. The number of nitrogens with two attached hydrogens (primary N) is 1. The molecule has 1 rings (SSSR count). The number of rotatable bonds is 2. The minimum atomic E-state index is -0.520. The quantitative estimate of drug-likeness (QED) is 0.643. The van der Waals surface area contributed by atoms with E-state index < -0.39 is 4.92 Å². The summed E-state index contributed by atoms with van der Waals surface area (Å²) in [5, 5.41) is 19.3. The molecule has 0 fully saturated rings. The van der Waals surface area contributed by atoms with E-state index in [0.717, 1.165) is 0 Å². The van der Waals surface area contributed by atoms with Crippen LogP contribution in [0, 0.1) is 21.4 Å². The van der Waals surface area contributed by atoms with Gasteiger partial charge in [0, 0.05) is 17.1 Å². The molecular weight excluding hydrogens is 250 g/mol. The summed E-state index contributed by atoms with van der Waals surface area (Å²) in [4.78, 5) is 10.1. The Hall–Kier alpha value is -1.45. The van der Waals surface area contributed by atoms with Crippen molar-refractivity contribution in [2.75, 3.05) is 0 Å². The minimum absolute atomic E-state index is 0.0203. The van der Waals surface area contributed by atoms with Crippen molar-refractivity contribution in [3.63, 3.8) is 0 Å². The first-order valence-electron chi connectivity index (χ1n) is 3.67. The third-order valence-corrected chi connectivity index (χ3v) is 2.65. The van der Waals surface area contributed by atoms with Gasteiger partial charge in [-0.2, -0.15) is 5.26 Å². The SMILES string of the molecule is N#Cc1ccc([N+](=O)[O-])c(CN)c1Br. The molecule has 14 heavy (non-hydrogen) atoms. The lowest BCUT2D eigenvalue weighted by Gasteiger charge is -2.03. The van der Waals surface area contributed by atoms with E-state index in [2.05, 4.69) is 15.9 Å². The Morgan fingerprint density at radius 2 is 2.29 bits per heavy atom. The standard InChI is InChI=1S/C8H6BrN3O2/c9-8-5(3-10)1-2-7(12(13)14)6(8)4-11/h1-2H,4,11H2. The van der Waals surface area contributed by atoms with Crippen LogP contribution in [-0.4, -0.2) is 4.92 Å². The minimum Gasteiger partial charge on any atom is -0.326 e. The first-order valence-corrected chi connectivity index (χ1v) is 4.47. The topological polar surface area (TPSA) is 92.9 Å². The fourth-order valence-corrected chi connectivity index (χ4v) is 1.65. The van der Waals surface area contributed by atoms with Gasteiger partial charge < -0.3 is 5.73 Å². The Kier molecular flexibility index (Phi) is 3.17. The third-order valence-electron chi connectivity index (χ3n) is 1.74. The molecule has 2 N–H and O–H groups in total. The van der Waals surface area contributed by atoms with Crippen LogP contribution in [0.3, 0.4) is 0 Å². The van der Waals surface area contributed by atoms with Crippen LogP contribution < -0.4 is 5.73 Å². The summed E-state index contributed by atoms with van der Waals surface area (Å²) in [7, 11) is 0. The van der Waals surface area contributed by atoms with Crippen LogP contribution in [0.25, 0.3) is 0 Å². The molecule has 0 atom stereocenters. The Bertz CT molecular complexity index is 425. The van der Waals surface area contributed by atoms with Gasteiger partial charge in [-0.1, -0.05) is 0 Å². The second kappa shape index (κ2) is 4.17. The molecule has 0 radical (unpaired) electrons. The van der Waals surface area contributed by atoms with E-state index in [4.69, 9.17) is 11.0 Å². The average molecular weight is 256 g/mol. The summed E-state index contributed by atoms with van der Waals surface area (Å²) in [6.45, 7) is 0.0203. The molecule has 0 saturated heterocycles. The largest absolute Gasteiger partial charge is 0.326 e. The van der Waals surface area contributed by atoms with E-state index in [1.54, 1.807) is 0 Å². The maximum Gasteiger partial charge on any atom is 0.275 e. The first-order chi connectivity index (χ1) is 6.61. The highest BCUT2D eigenvalue weighted by Gasteiger charge is 2.17. The zero-order valence-electron chi connectivity index (χ0n) is 7.03. The van der Waals surface area contributed by atoms with Gasteiger partial charge in [0.2, 0.25) is 0 Å². The lowest BCUT2D eigenvalue weighted by atomic mass is 10.1. The molecule has 1 aromatic carbocycles. The van der Waals surface area contributed by atoms with Crippen molar-refractivity contribution in [2.24, 2.45) is 5.73 Å². The molecule has 0 spiro atoms. The molecule has 0 aromatic heterocycles. The molecule has 0 heterocycles. The van der Waals surface area contributed by atoms with Gasteiger partial charge in [-0.05, 0) is 22.0 Å². The van der Waals surface area contributed by atoms with Gasteiger partial charge in [0.25, 0.3) is 5.69 Å². The van der Waals surface area contributed by atoms with Crippen LogP contribution in [0.1, 0.15) is 11.1 Å². The molecule has 0 unspecified atom stereocenters. The predicted octanol–water partition coefficient (Wildman–Crippen LogP) is 1.69. The lowest BCUT2D eigenvalue weighted by molar-refractivity contribution is -0.385. The summed E-state index contributed by atoms with van der Waals surface area (Å²) in [5.41, 5.74) is 5.98. The van der Waals surface area contributed by atoms with Crippen molar-refractivity contribution >= 4 is 21.6 Å². The number of nitriles is 1. The highest BCUT2D eigenvalue weighted by atomic mass is 79.9. The zero-order chi connectivity index (χ0) is 10.7. The fourth-order valence-electron chi connectivity index (χ4n) is 1.06. The monoisotopic (exact) mass is 255 g/mol. The highest BCUT2D eigenvalue weighted by Crippen LogP contribution is 2.29. The molecule has 1 aromatic rings. The molecule has 0 saturated carbocycles. The number of hydrogen-bond donors (Lipinski definition) is 1. The Morgan fingerprint density at radius 1 is 1.64 bits per heavy atom. The summed E-state index contributed by atoms with van der Waals surface area (Å²) >= 11 is 3.11. The van der Waals surface area contributed by atoms with E-state index in [1.807, 2.05) is 6.07 Å². The second-order valence-corrected chi connectivity index (χ2v) is 3.29. The van der Waals surface area contributed by atoms with Crippen LogP contribution >= 0.6 is 15.9 Å². The number of nitrogens with zero attached hydrogens (tertiary/aromatic N) is 2. The number of nitro groups is 1. The third kappa shape index (κ3) is 1.73. The van der Waals surface area contributed by atoms with Crippen molar-refractivity contribution in [1.29, 1.82) is 5.26 Å². The van der Waals surface area contributed by atoms with Crippen LogP contribution in [0.2, 0.25) is 0 Å². The van der Waals surface area contributed by atoms with E-state index in [-0.39, 0.29) is 12.2 Å². The summed E-state index contributed by atoms with van der Waals surface area (Å²) < 4.78 is 0.400. The Morgan fingerprint density at radius 3 is 2.71 bits per heavy atom. The van der Waals surface area contributed by atoms with Crippen LogP contribution in [0.4, 0.5) is 5.69 Å². The van der Waals surface area contributed by atoms with E-state index >= 15 is 0 Å². The summed E-state index contributed by atoms with van der Waals surface area (Å²) in [5.74, 6) is 0. The Balaban J connectivity index is 3.45. The smallest absolute Gasteiger partial charge is 0.275 e. The van der Waals surface area contributed by atoms with Crippen molar-refractivity contribution in [1.82, 2.24) is 0 Å². The van der Waals surface area contributed by atoms with Crippen LogP contribution in [-0.2, 0) is 6.54 Å². The van der Waals surface area contributed by atoms with Gasteiger partial charge in [-0.15, -0.1) is 0 Å². The Labute approximate surface area is 88.4 Å². The number of halogens is 1. The molecule has 0 amide bonds. The second-order valence-electron chi connectivity index (χ2n) is 2.50. The highest BCUT2D eigenvalue weighted by molar-refractivity contribution is 9.10. The maximum absolute atomic E-state index is 10.6. The molecule has 6 heteroatoms. The van der Waals surface area contributed by atoms with Crippen molar-refractivity contribution in [2.45, 2.75) is 6.54 Å². The van der Waals surface area contributed by atoms with Gasteiger partial charge in [-0.25, -0.2) is 0 Å². The van der Waals surface area contributed by atoms with Crippen LogP contribution in [0.5, 0.6) is 0 Å². The predicted molar refractivity (Wildman–Crippen MR) is 53.4 cm³/mol. The van der Waals surface area contributed by atoms with Gasteiger partial charge >= 0.3 is 0 Å². The zero-order valence-corrected chi connectivity index (χ0v) is 8.61. The number of benzene rings is 1. The van der Waals surface area contributed by atoms with Gasteiger partial charge in [0.15, 0.2) is 0 Å². The van der Waals surface area contributed by atoms with Gasteiger partial charge in [0.1, 0.15) is 6.07 Å². The lowest BCUT2D eigenvalue weighted by Crippen LogP contribution is -2.03. The normalized spacial score (nSPS) is 9.50. The van der Waals surface area contributed by atoms with Gasteiger partial charge in [-0.3, -0.25) is 10.1 Å². The van der Waals surface area contributed by atoms with Crippen molar-refractivity contribution in [3.8, 4) is 6.07 Å². The van der Waals surface area contributed by atoms with Crippen LogP contribution in [0.15, 0.2) is 16.6 Å².